The summed E-state index contributed by atoms with van der Waals surface area (Å²) in [7, 11) is 0. The molecule has 0 aliphatic rings. The summed E-state index contributed by atoms with van der Waals surface area (Å²) >= 11 is 13.2. The molecule has 2 aromatic rings. The lowest BCUT2D eigenvalue weighted by Gasteiger charge is -2.02. The lowest BCUT2D eigenvalue weighted by Crippen LogP contribution is -2.19. The molecule has 120 valence electrons. The Balaban J connectivity index is 1.78. The molecule has 0 bridgehead atoms. The van der Waals surface area contributed by atoms with Gasteiger partial charge in [-0.3, -0.25) is 4.79 Å². The minimum absolute atomic E-state index is 0.140. The van der Waals surface area contributed by atoms with Gasteiger partial charge in [-0.1, -0.05) is 41.4 Å². The average Bonchev–Trinajstić information content (AvgIpc) is 2.50. The van der Waals surface area contributed by atoms with Crippen molar-refractivity contribution in [2.24, 2.45) is 5.10 Å². The molecule has 0 saturated carbocycles. The van der Waals surface area contributed by atoms with Crippen molar-refractivity contribution in [2.45, 2.75) is 5.75 Å². The van der Waals surface area contributed by atoms with Crippen LogP contribution in [0.25, 0.3) is 0 Å². The number of benzene rings is 2. The number of amides is 1. The van der Waals surface area contributed by atoms with E-state index >= 15 is 0 Å². The number of nitrogens with one attached hydrogen (secondary N) is 1. The van der Waals surface area contributed by atoms with E-state index in [1.807, 2.05) is 18.2 Å². The number of hydrazone groups is 1. The molecule has 0 aliphatic carbocycles. The summed E-state index contributed by atoms with van der Waals surface area (Å²) in [6.07, 6.45) is 1.19. The third-order valence-electron chi connectivity index (χ3n) is 2.77. The summed E-state index contributed by atoms with van der Waals surface area (Å²) in [4.78, 5) is 11.7. The SMILES string of the molecule is O=C(CSCc1cccc(Cl)c1)N/N=C\c1c(F)cccc1Cl. The van der Waals surface area contributed by atoms with E-state index in [9.17, 15) is 9.18 Å². The molecular weight excluding hydrogens is 358 g/mol. The molecule has 0 unspecified atom stereocenters. The van der Waals surface area contributed by atoms with Gasteiger partial charge in [0.2, 0.25) is 5.91 Å². The average molecular weight is 371 g/mol. The van der Waals surface area contributed by atoms with Crippen LogP contribution in [0.3, 0.4) is 0 Å². The van der Waals surface area contributed by atoms with E-state index < -0.39 is 5.82 Å². The van der Waals surface area contributed by atoms with Gasteiger partial charge >= 0.3 is 0 Å². The molecule has 0 aromatic heterocycles. The lowest BCUT2D eigenvalue weighted by atomic mass is 10.2. The Hall–Kier alpha value is -1.56. The number of hydrogen-bond acceptors (Lipinski definition) is 3. The summed E-state index contributed by atoms with van der Waals surface area (Å²) in [6, 6.07) is 11.8. The van der Waals surface area contributed by atoms with Gasteiger partial charge in [0.1, 0.15) is 5.82 Å². The van der Waals surface area contributed by atoms with Crippen LogP contribution in [0.5, 0.6) is 0 Å². The van der Waals surface area contributed by atoms with Crippen molar-refractivity contribution < 1.29 is 9.18 Å². The molecule has 23 heavy (non-hydrogen) atoms. The largest absolute Gasteiger partial charge is 0.272 e. The quantitative estimate of drug-likeness (QED) is 0.599. The Morgan fingerprint density at radius 1 is 1.26 bits per heavy atom. The third kappa shape index (κ3) is 5.86. The van der Waals surface area contributed by atoms with Gasteiger partial charge in [-0.05, 0) is 29.8 Å². The van der Waals surface area contributed by atoms with Crippen molar-refractivity contribution in [1.29, 1.82) is 0 Å². The number of thioether (sulfide) groups is 1. The van der Waals surface area contributed by atoms with E-state index in [1.54, 1.807) is 12.1 Å². The van der Waals surface area contributed by atoms with Crippen LogP contribution in [0, 0.1) is 5.82 Å². The third-order valence-corrected chi connectivity index (χ3v) is 4.34. The Kier molecular flexibility index (Phi) is 6.89. The Morgan fingerprint density at radius 2 is 2.04 bits per heavy atom. The number of hydrogen-bond donors (Lipinski definition) is 1. The fraction of sp³-hybridized carbons (Fsp3) is 0.125. The van der Waals surface area contributed by atoms with Gasteiger partial charge in [-0.2, -0.15) is 5.10 Å². The Morgan fingerprint density at radius 3 is 2.78 bits per heavy atom. The van der Waals surface area contributed by atoms with E-state index in [0.29, 0.717) is 10.8 Å². The van der Waals surface area contributed by atoms with Crippen molar-refractivity contribution in [3.8, 4) is 0 Å². The summed E-state index contributed by atoms with van der Waals surface area (Å²) in [5.41, 5.74) is 3.52. The summed E-state index contributed by atoms with van der Waals surface area (Å²) < 4.78 is 13.5. The topological polar surface area (TPSA) is 41.5 Å². The fourth-order valence-corrected chi connectivity index (χ4v) is 2.92. The predicted octanol–water partition coefficient (Wildman–Crippen LogP) is 4.52. The number of halogens is 3. The monoisotopic (exact) mass is 370 g/mol. The van der Waals surface area contributed by atoms with E-state index in [2.05, 4.69) is 10.5 Å². The molecule has 3 nitrogen and oxygen atoms in total. The van der Waals surface area contributed by atoms with Crippen LogP contribution < -0.4 is 5.43 Å². The molecule has 2 aromatic carbocycles. The lowest BCUT2D eigenvalue weighted by molar-refractivity contribution is -0.118. The molecule has 0 radical (unpaired) electrons. The zero-order chi connectivity index (χ0) is 16.7. The van der Waals surface area contributed by atoms with E-state index in [4.69, 9.17) is 23.2 Å². The van der Waals surface area contributed by atoms with Crippen LogP contribution in [0.2, 0.25) is 10.0 Å². The van der Waals surface area contributed by atoms with Crippen LogP contribution >= 0.6 is 35.0 Å². The van der Waals surface area contributed by atoms with Gasteiger partial charge in [0.05, 0.1) is 17.0 Å². The predicted molar refractivity (Wildman–Crippen MR) is 94.8 cm³/mol. The van der Waals surface area contributed by atoms with Crippen molar-refractivity contribution in [3.63, 3.8) is 0 Å². The molecule has 1 amide bonds. The van der Waals surface area contributed by atoms with E-state index in [0.717, 1.165) is 5.56 Å². The van der Waals surface area contributed by atoms with Gasteiger partial charge in [0, 0.05) is 16.3 Å². The van der Waals surface area contributed by atoms with Crippen LogP contribution in [0.4, 0.5) is 4.39 Å². The minimum Gasteiger partial charge on any atom is -0.272 e. The maximum atomic E-state index is 13.5. The van der Waals surface area contributed by atoms with Crippen molar-refractivity contribution in [2.75, 3.05) is 5.75 Å². The number of carbonyl (C=O) groups excluding carboxylic acids is 1. The number of rotatable bonds is 6. The van der Waals surface area contributed by atoms with Crippen molar-refractivity contribution in [3.05, 3.63) is 69.5 Å². The summed E-state index contributed by atoms with van der Waals surface area (Å²) in [6.45, 7) is 0. The van der Waals surface area contributed by atoms with Gasteiger partial charge in [0.15, 0.2) is 0 Å². The molecule has 1 N–H and O–H groups in total. The van der Waals surface area contributed by atoms with Crippen LogP contribution in [-0.4, -0.2) is 17.9 Å². The number of nitrogens with zero attached hydrogens (tertiary/aromatic N) is 1. The summed E-state index contributed by atoms with van der Waals surface area (Å²) in [5.74, 6) is 0.123. The van der Waals surface area contributed by atoms with Gasteiger partial charge in [0.25, 0.3) is 0 Å². The molecule has 0 spiro atoms. The summed E-state index contributed by atoms with van der Waals surface area (Å²) in [5, 5.41) is 4.62. The molecular formula is C16H13Cl2FN2OS. The van der Waals surface area contributed by atoms with Crippen LogP contribution in [0.15, 0.2) is 47.6 Å². The first-order valence-electron chi connectivity index (χ1n) is 6.64. The first-order chi connectivity index (χ1) is 11.1. The van der Waals surface area contributed by atoms with Gasteiger partial charge in [-0.15, -0.1) is 11.8 Å². The second-order valence-corrected chi connectivity index (χ2v) is 6.38. The smallest absolute Gasteiger partial charge is 0.250 e. The highest BCUT2D eigenvalue weighted by atomic mass is 35.5. The van der Waals surface area contributed by atoms with Crippen LogP contribution in [-0.2, 0) is 10.5 Å². The highest BCUT2D eigenvalue weighted by Gasteiger charge is 2.04. The van der Waals surface area contributed by atoms with Gasteiger partial charge in [-0.25, -0.2) is 9.82 Å². The first-order valence-corrected chi connectivity index (χ1v) is 8.55. The number of carbonyl (C=O) groups is 1. The van der Waals surface area contributed by atoms with E-state index in [1.165, 1.54) is 30.1 Å². The van der Waals surface area contributed by atoms with Crippen molar-refractivity contribution in [1.82, 2.24) is 5.43 Å². The maximum absolute atomic E-state index is 13.5. The van der Waals surface area contributed by atoms with Gasteiger partial charge < -0.3 is 0 Å². The van der Waals surface area contributed by atoms with Crippen molar-refractivity contribution >= 4 is 47.1 Å². The Bertz CT molecular complexity index is 705. The maximum Gasteiger partial charge on any atom is 0.250 e. The zero-order valence-corrected chi connectivity index (χ0v) is 14.3. The Labute approximate surface area is 147 Å². The standard InChI is InChI=1S/C16H13Cl2FN2OS/c17-12-4-1-3-11(7-12)9-23-10-16(22)21-20-8-13-14(18)5-2-6-15(13)19/h1-8H,9-10H2,(H,21,22)/b20-8-. The molecule has 0 saturated heterocycles. The molecule has 0 aliphatic heterocycles. The first kappa shape index (κ1) is 17.8. The zero-order valence-electron chi connectivity index (χ0n) is 11.9. The minimum atomic E-state index is -0.495. The van der Waals surface area contributed by atoms with E-state index in [-0.39, 0.29) is 22.2 Å². The molecule has 0 fully saturated rings. The van der Waals surface area contributed by atoms with Crippen LogP contribution in [0.1, 0.15) is 11.1 Å². The molecule has 0 atom stereocenters. The normalized spacial score (nSPS) is 10.9. The fourth-order valence-electron chi connectivity index (χ4n) is 1.72. The highest BCUT2D eigenvalue weighted by Crippen LogP contribution is 2.17. The second kappa shape index (κ2) is 8.91. The molecule has 7 heteroatoms. The molecule has 2 rings (SSSR count). The highest BCUT2D eigenvalue weighted by molar-refractivity contribution is 7.99. The second-order valence-electron chi connectivity index (χ2n) is 4.55. The molecule has 0 heterocycles.